The molecule has 2 fully saturated rings. The molecule has 1 N–H and O–H groups in total. The highest BCUT2D eigenvalue weighted by Gasteiger charge is 2.43. The average molecular weight is 319 g/mol. The molecule has 0 aromatic carbocycles. The lowest BCUT2D eigenvalue weighted by Gasteiger charge is -2.38. The highest BCUT2D eigenvalue weighted by Crippen LogP contribution is 2.29. The Balaban J connectivity index is 2.17. The molecule has 0 saturated carbocycles. The zero-order chi connectivity index (χ0) is 15.8. The van der Waals surface area contributed by atoms with Gasteiger partial charge in [-0.3, -0.25) is 0 Å². The Kier molecular flexibility index (Phi) is 5.31. The van der Waals surface area contributed by atoms with E-state index in [9.17, 15) is 13.5 Å². The second kappa shape index (κ2) is 6.50. The van der Waals surface area contributed by atoms with Crippen LogP contribution in [0.1, 0.15) is 26.7 Å². The molecule has 2 rings (SSSR count). The molecule has 4 unspecified atom stereocenters. The molecule has 6 nitrogen and oxygen atoms in total. The fraction of sp³-hybridized carbons (Fsp3) is 1.00. The summed E-state index contributed by atoms with van der Waals surface area (Å²) < 4.78 is 29.0. The number of β-amino-alcohol motifs (C(OH)–C–C–N with tert-alkyl or cyclic N) is 1. The maximum absolute atomic E-state index is 12.9. The first-order valence-corrected chi connectivity index (χ1v) is 9.19. The van der Waals surface area contributed by atoms with Gasteiger partial charge in [-0.2, -0.15) is 17.0 Å². The van der Waals surface area contributed by atoms with Crippen LogP contribution in [0.2, 0.25) is 0 Å². The topological polar surface area (TPSA) is 64.1 Å². The number of aliphatic hydroxyl groups excluding tert-OH is 1. The summed E-state index contributed by atoms with van der Waals surface area (Å²) in [6.07, 6.45) is 1.05. The van der Waals surface area contributed by atoms with Crippen molar-refractivity contribution in [3.63, 3.8) is 0 Å². The van der Waals surface area contributed by atoms with Crippen molar-refractivity contribution in [2.45, 2.75) is 38.8 Å². The first kappa shape index (κ1) is 17.1. The minimum atomic E-state index is -3.48. The van der Waals surface area contributed by atoms with Gasteiger partial charge >= 0.3 is 0 Å². The lowest BCUT2D eigenvalue weighted by Crippen LogP contribution is -2.52. The van der Waals surface area contributed by atoms with Gasteiger partial charge in [-0.25, -0.2) is 0 Å². The Bertz CT molecular complexity index is 444. The minimum absolute atomic E-state index is 0.132. The van der Waals surface area contributed by atoms with Crippen molar-refractivity contribution in [2.24, 2.45) is 11.8 Å². The first-order chi connectivity index (χ1) is 9.70. The van der Waals surface area contributed by atoms with E-state index in [-0.39, 0.29) is 12.6 Å². The molecule has 0 radical (unpaired) electrons. The number of piperidine rings is 1. The summed E-state index contributed by atoms with van der Waals surface area (Å²) in [5.74, 6) is 0.784. The maximum Gasteiger partial charge on any atom is 0.282 e. The van der Waals surface area contributed by atoms with Crippen LogP contribution in [0.3, 0.4) is 0 Å². The van der Waals surface area contributed by atoms with Gasteiger partial charge in [0.25, 0.3) is 10.2 Å². The van der Waals surface area contributed by atoms with Crippen LogP contribution in [0.4, 0.5) is 0 Å². The quantitative estimate of drug-likeness (QED) is 0.804. The second-order valence-electron chi connectivity index (χ2n) is 7.15. The summed E-state index contributed by atoms with van der Waals surface area (Å²) in [4.78, 5) is 1.98. The molecule has 0 aromatic rings. The van der Waals surface area contributed by atoms with Crippen molar-refractivity contribution < 1.29 is 13.5 Å². The number of nitrogens with zero attached hydrogens (tertiary/aromatic N) is 3. The van der Waals surface area contributed by atoms with Crippen molar-refractivity contribution in [3.05, 3.63) is 0 Å². The van der Waals surface area contributed by atoms with Crippen LogP contribution in [-0.4, -0.2) is 79.5 Å². The number of hydrogen-bond acceptors (Lipinski definition) is 4. The summed E-state index contributed by atoms with van der Waals surface area (Å²) >= 11 is 0. The standard InChI is InChI=1S/C14H29N3O3S/c1-11-5-12(2)8-16(7-11)21(19,20)17-10-14(18)6-13(17)9-15(3)4/h11-14,18H,5-10H2,1-4H3. The van der Waals surface area contributed by atoms with Crippen LogP contribution >= 0.6 is 0 Å². The van der Waals surface area contributed by atoms with Crippen LogP contribution < -0.4 is 0 Å². The first-order valence-electron chi connectivity index (χ1n) is 7.79. The molecule has 0 bridgehead atoms. The van der Waals surface area contributed by atoms with Crippen molar-refractivity contribution in [2.75, 3.05) is 40.3 Å². The normalized spacial score (nSPS) is 36.5. The van der Waals surface area contributed by atoms with Gasteiger partial charge in [0.2, 0.25) is 0 Å². The van der Waals surface area contributed by atoms with Gasteiger partial charge in [0, 0.05) is 32.2 Å². The number of aliphatic hydroxyl groups is 1. The summed E-state index contributed by atoms with van der Waals surface area (Å²) in [5.41, 5.74) is 0. The van der Waals surface area contributed by atoms with Crippen molar-refractivity contribution in [1.29, 1.82) is 0 Å². The zero-order valence-corrected chi connectivity index (χ0v) is 14.4. The molecular formula is C14H29N3O3S. The zero-order valence-electron chi connectivity index (χ0n) is 13.6. The molecule has 0 aromatic heterocycles. The Morgan fingerprint density at radius 1 is 1.10 bits per heavy atom. The van der Waals surface area contributed by atoms with Gasteiger partial charge in [0.1, 0.15) is 0 Å². The second-order valence-corrected chi connectivity index (χ2v) is 9.03. The van der Waals surface area contributed by atoms with Gasteiger partial charge < -0.3 is 10.0 Å². The monoisotopic (exact) mass is 319 g/mol. The van der Waals surface area contributed by atoms with Gasteiger partial charge in [0.05, 0.1) is 6.10 Å². The van der Waals surface area contributed by atoms with Crippen molar-refractivity contribution >= 4 is 10.2 Å². The summed E-state index contributed by atoms with van der Waals surface area (Å²) in [6, 6.07) is -0.132. The molecule has 0 amide bonds. The number of likely N-dealkylation sites (N-methyl/N-ethyl adjacent to an activating group) is 1. The van der Waals surface area contributed by atoms with Gasteiger partial charge in [-0.05, 0) is 38.8 Å². The van der Waals surface area contributed by atoms with E-state index in [2.05, 4.69) is 13.8 Å². The molecule has 7 heteroatoms. The average Bonchev–Trinajstić information content (AvgIpc) is 2.68. The minimum Gasteiger partial charge on any atom is -0.392 e. The van der Waals surface area contributed by atoms with Crippen LogP contribution in [0, 0.1) is 11.8 Å². The van der Waals surface area contributed by atoms with Crippen molar-refractivity contribution in [3.8, 4) is 0 Å². The molecule has 124 valence electrons. The van der Waals surface area contributed by atoms with E-state index in [0.29, 0.717) is 37.9 Å². The third kappa shape index (κ3) is 3.96. The summed E-state index contributed by atoms with van der Waals surface area (Å²) in [7, 11) is 0.387. The van der Waals surface area contributed by atoms with E-state index >= 15 is 0 Å². The van der Waals surface area contributed by atoms with Crippen LogP contribution in [0.25, 0.3) is 0 Å². The van der Waals surface area contributed by atoms with Gasteiger partial charge in [-0.1, -0.05) is 13.8 Å². The molecule has 2 saturated heterocycles. The Labute approximate surface area is 128 Å². The lowest BCUT2D eigenvalue weighted by atomic mass is 9.94. The fourth-order valence-corrected chi connectivity index (χ4v) is 5.75. The van der Waals surface area contributed by atoms with E-state index < -0.39 is 16.3 Å². The highest BCUT2D eigenvalue weighted by molar-refractivity contribution is 7.86. The lowest BCUT2D eigenvalue weighted by molar-refractivity contribution is 0.183. The number of hydrogen-bond donors (Lipinski definition) is 1. The van der Waals surface area contributed by atoms with Gasteiger partial charge in [0.15, 0.2) is 0 Å². The molecular weight excluding hydrogens is 290 g/mol. The third-order valence-electron chi connectivity index (χ3n) is 4.38. The predicted octanol–water partition coefficient (Wildman–Crippen LogP) is 0.206. The van der Waals surface area contributed by atoms with E-state index in [1.54, 1.807) is 4.31 Å². The molecule has 21 heavy (non-hydrogen) atoms. The molecule has 2 aliphatic heterocycles. The van der Waals surface area contributed by atoms with E-state index in [1.807, 2.05) is 19.0 Å². The predicted molar refractivity (Wildman–Crippen MR) is 83.1 cm³/mol. The van der Waals surface area contributed by atoms with Crippen LogP contribution in [0.15, 0.2) is 0 Å². The number of rotatable bonds is 4. The summed E-state index contributed by atoms with van der Waals surface area (Å²) in [6.45, 7) is 6.26. The molecule has 4 atom stereocenters. The Hall–Kier alpha value is -0.210. The Morgan fingerprint density at radius 2 is 1.67 bits per heavy atom. The SMILES string of the molecule is CC1CC(C)CN(S(=O)(=O)N2CC(O)CC2CN(C)C)C1. The van der Waals surface area contributed by atoms with Crippen LogP contribution in [0.5, 0.6) is 0 Å². The molecule has 0 aliphatic carbocycles. The Morgan fingerprint density at radius 3 is 2.19 bits per heavy atom. The highest BCUT2D eigenvalue weighted by atomic mass is 32.2. The van der Waals surface area contributed by atoms with Crippen LogP contribution in [-0.2, 0) is 10.2 Å². The molecule has 2 heterocycles. The van der Waals surface area contributed by atoms with Gasteiger partial charge in [-0.15, -0.1) is 0 Å². The van der Waals surface area contributed by atoms with E-state index in [4.69, 9.17) is 0 Å². The van der Waals surface area contributed by atoms with E-state index in [0.717, 1.165) is 6.42 Å². The van der Waals surface area contributed by atoms with Crippen molar-refractivity contribution in [1.82, 2.24) is 13.5 Å². The maximum atomic E-state index is 12.9. The fourth-order valence-electron chi connectivity index (χ4n) is 3.68. The molecule has 2 aliphatic rings. The third-order valence-corrected chi connectivity index (χ3v) is 6.37. The molecule has 0 spiro atoms. The largest absolute Gasteiger partial charge is 0.392 e. The smallest absolute Gasteiger partial charge is 0.282 e. The summed E-state index contributed by atoms with van der Waals surface area (Å²) in [5, 5.41) is 9.91. The van der Waals surface area contributed by atoms with E-state index in [1.165, 1.54) is 4.31 Å².